The molecule has 1 saturated heterocycles. The number of carbonyl (C=O) groups is 1. The van der Waals surface area contributed by atoms with Gasteiger partial charge in [0.15, 0.2) is 0 Å². The van der Waals surface area contributed by atoms with Gasteiger partial charge >= 0.3 is 5.97 Å². The number of ether oxygens (including phenoxy) is 3. The summed E-state index contributed by atoms with van der Waals surface area (Å²) in [6.45, 7) is 4.39. The first-order chi connectivity index (χ1) is 16.5. The van der Waals surface area contributed by atoms with Crippen molar-refractivity contribution in [2.45, 2.75) is 56.8 Å². The third-order valence-electron chi connectivity index (χ3n) is 7.65. The van der Waals surface area contributed by atoms with Gasteiger partial charge in [0.2, 0.25) is 0 Å². The second kappa shape index (κ2) is 9.27. The molecule has 4 nitrogen and oxygen atoms in total. The first kappa shape index (κ1) is 22.7. The number of fused-ring (bicyclic) bond motifs is 3. The molecule has 0 unspecified atom stereocenters. The maximum Gasteiger partial charge on any atom is 0.337 e. The van der Waals surface area contributed by atoms with Crippen LogP contribution in [0.3, 0.4) is 0 Å². The second-order valence-electron chi connectivity index (χ2n) is 9.77. The topological polar surface area (TPSA) is 44.8 Å². The number of esters is 1. The van der Waals surface area contributed by atoms with Crippen molar-refractivity contribution in [3.63, 3.8) is 0 Å². The van der Waals surface area contributed by atoms with Crippen molar-refractivity contribution in [2.24, 2.45) is 5.92 Å². The molecule has 2 aliphatic rings. The Balaban J connectivity index is 1.52. The predicted molar refractivity (Wildman–Crippen MR) is 132 cm³/mol. The van der Waals surface area contributed by atoms with Crippen molar-refractivity contribution in [2.75, 3.05) is 7.11 Å². The second-order valence-corrected chi connectivity index (χ2v) is 9.77. The zero-order valence-corrected chi connectivity index (χ0v) is 20.1. The van der Waals surface area contributed by atoms with E-state index in [0.717, 1.165) is 30.6 Å². The molecule has 0 radical (unpaired) electrons. The fraction of sp³-hybridized carbons (Fsp3) is 0.367. The number of aryl methyl sites for hydroxylation is 1. The van der Waals surface area contributed by atoms with E-state index in [1.165, 1.54) is 18.2 Å². The molecule has 3 aromatic carbocycles. The fourth-order valence-electron chi connectivity index (χ4n) is 5.69. The minimum atomic E-state index is -0.395. The molecule has 0 aliphatic carbocycles. The standard InChI is InChI=1S/C30H32O4/c1-20-24(22-12-8-5-9-13-22)19-26-28(33-20)25-18-23(29(31)32-3)14-15-27(25)34-30(26,2)17-16-21-10-6-4-7-11-21/h4-15,18,20,24,26,28H,16-17,19H2,1-3H3/t20-,24-,26-,28+,30+/m0/s1. The Morgan fingerprint density at radius 1 is 1.03 bits per heavy atom. The molecule has 2 aliphatic heterocycles. The van der Waals surface area contributed by atoms with Crippen LogP contribution in [0, 0.1) is 5.92 Å². The quantitative estimate of drug-likeness (QED) is 0.411. The maximum absolute atomic E-state index is 12.2. The van der Waals surface area contributed by atoms with Gasteiger partial charge in [-0.25, -0.2) is 4.79 Å². The summed E-state index contributed by atoms with van der Waals surface area (Å²) in [7, 11) is 1.41. The Bertz CT molecular complexity index is 1140. The van der Waals surface area contributed by atoms with E-state index >= 15 is 0 Å². The molecule has 0 amide bonds. The number of methoxy groups -OCH3 is 1. The van der Waals surface area contributed by atoms with Crippen LogP contribution in [0.25, 0.3) is 0 Å². The Labute approximate surface area is 201 Å². The molecule has 0 N–H and O–H groups in total. The van der Waals surface area contributed by atoms with Crippen LogP contribution < -0.4 is 4.74 Å². The average Bonchev–Trinajstić information content (AvgIpc) is 2.88. The van der Waals surface area contributed by atoms with E-state index in [-0.39, 0.29) is 30.0 Å². The van der Waals surface area contributed by atoms with E-state index < -0.39 is 5.60 Å². The highest BCUT2D eigenvalue weighted by Crippen LogP contribution is 2.55. The number of carbonyl (C=O) groups excluding carboxylic acids is 1. The molecule has 0 bridgehead atoms. The predicted octanol–water partition coefficient (Wildman–Crippen LogP) is 6.51. The molecular weight excluding hydrogens is 424 g/mol. The smallest absolute Gasteiger partial charge is 0.337 e. The summed E-state index contributed by atoms with van der Waals surface area (Å²) in [6.07, 6.45) is 2.69. The van der Waals surface area contributed by atoms with Crippen LogP contribution in [0.2, 0.25) is 0 Å². The van der Waals surface area contributed by atoms with Crippen LogP contribution in [0.4, 0.5) is 0 Å². The Kier molecular flexibility index (Phi) is 6.18. The van der Waals surface area contributed by atoms with Gasteiger partial charge in [-0.2, -0.15) is 0 Å². The first-order valence-corrected chi connectivity index (χ1v) is 12.1. The Morgan fingerprint density at radius 3 is 2.44 bits per heavy atom. The van der Waals surface area contributed by atoms with E-state index in [0.29, 0.717) is 5.56 Å². The first-order valence-electron chi connectivity index (χ1n) is 12.1. The Hall–Kier alpha value is -3.11. The van der Waals surface area contributed by atoms with Crippen LogP contribution in [-0.4, -0.2) is 24.8 Å². The summed E-state index contributed by atoms with van der Waals surface area (Å²) in [5.41, 5.74) is 3.68. The van der Waals surface area contributed by atoms with Crippen LogP contribution in [-0.2, 0) is 15.9 Å². The van der Waals surface area contributed by atoms with Gasteiger partial charge in [-0.1, -0.05) is 60.7 Å². The molecular formula is C30H32O4. The third kappa shape index (κ3) is 4.23. The monoisotopic (exact) mass is 456 g/mol. The highest BCUT2D eigenvalue weighted by molar-refractivity contribution is 5.89. The van der Waals surface area contributed by atoms with E-state index in [2.05, 4.69) is 68.4 Å². The van der Waals surface area contributed by atoms with Gasteiger partial charge in [-0.3, -0.25) is 0 Å². The molecule has 5 rings (SSSR count). The van der Waals surface area contributed by atoms with Crippen molar-refractivity contribution < 1.29 is 19.0 Å². The van der Waals surface area contributed by atoms with Crippen molar-refractivity contribution >= 4 is 5.97 Å². The molecule has 34 heavy (non-hydrogen) atoms. The van der Waals surface area contributed by atoms with Crippen LogP contribution in [0.1, 0.15) is 65.8 Å². The largest absolute Gasteiger partial charge is 0.487 e. The summed E-state index contributed by atoms with van der Waals surface area (Å²) in [4.78, 5) is 12.2. The highest BCUT2D eigenvalue weighted by Gasteiger charge is 2.51. The summed E-state index contributed by atoms with van der Waals surface area (Å²) >= 11 is 0. The van der Waals surface area contributed by atoms with Gasteiger partial charge in [0.1, 0.15) is 11.4 Å². The summed E-state index contributed by atoms with van der Waals surface area (Å²) in [5.74, 6) is 0.892. The van der Waals surface area contributed by atoms with Crippen LogP contribution >= 0.6 is 0 Å². The van der Waals surface area contributed by atoms with E-state index in [1.807, 2.05) is 18.2 Å². The lowest BCUT2D eigenvalue weighted by Gasteiger charge is -2.52. The molecule has 3 aromatic rings. The zero-order chi connectivity index (χ0) is 23.7. The minimum Gasteiger partial charge on any atom is -0.487 e. The minimum absolute atomic E-state index is 0.0507. The van der Waals surface area contributed by atoms with E-state index in [9.17, 15) is 4.79 Å². The lowest BCUT2D eigenvalue weighted by molar-refractivity contribution is -0.160. The molecule has 0 spiro atoms. The Morgan fingerprint density at radius 2 is 1.74 bits per heavy atom. The molecule has 4 heteroatoms. The van der Waals surface area contributed by atoms with Crippen molar-refractivity contribution in [3.05, 3.63) is 101 Å². The van der Waals surface area contributed by atoms with Crippen LogP contribution in [0.15, 0.2) is 78.9 Å². The van der Waals surface area contributed by atoms with Crippen LogP contribution in [0.5, 0.6) is 5.75 Å². The van der Waals surface area contributed by atoms with Crippen molar-refractivity contribution in [3.8, 4) is 5.75 Å². The lowest BCUT2D eigenvalue weighted by Crippen LogP contribution is -2.52. The molecule has 0 aromatic heterocycles. The van der Waals surface area contributed by atoms with Gasteiger partial charge in [-0.15, -0.1) is 0 Å². The average molecular weight is 457 g/mol. The van der Waals surface area contributed by atoms with Gasteiger partial charge in [0, 0.05) is 17.4 Å². The van der Waals surface area contributed by atoms with Gasteiger partial charge in [0.25, 0.3) is 0 Å². The number of rotatable bonds is 5. The maximum atomic E-state index is 12.2. The molecule has 5 atom stereocenters. The zero-order valence-electron chi connectivity index (χ0n) is 20.1. The van der Waals surface area contributed by atoms with E-state index in [1.54, 1.807) is 6.07 Å². The van der Waals surface area contributed by atoms with Gasteiger partial charge < -0.3 is 14.2 Å². The molecule has 0 saturated carbocycles. The van der Waals surface area contributed by atoms with Crippen molar-refractivity contribution in [1.82, 2.24) is 0 Å². The number of benzene rings is 3. The highest BCUT2D eigenvalue weighted by atomic mass is 16.5. The number of hydrogen-bond donors (Lipinski definition) is 0. The summed E-state index contributed by atoms with van der Waals surface area (Å²) in [5, 5.41) is 0. The van der Waals surface area contributed by atoms with Gasteiger partial charge in [0.05, 0.1) is 24.9 Å². The van der Waals surface area contributed by atoms with Gasteiger partial charge in [-0.05, 0) is 62.4 Å². The summed E-state index contributed by atoms with van der Waals surface area (Å²) < 4.78 is 18.5. The normalized spacial score (nSPS) is 27.7. The van der Waals surface area contributed by atoms with E-state index in [4.69, 9.17) is 14.2 Å². The summed E-state index contributed by atoms with van der Waals surface area (Å²) in [6, 6.07) is 26.8. The number of hydrogen-bond acceptors (Lipinski definition) is 4. The van der Waals surface area contributed by atoms with Crippen molar-refractivity contribution in [1.29, 1.82) is 0 Å². The SMILES string of the molecule is COC(=O)c1ccc2c(c1)[C@H]1O[C@@H](C)[C@@H](c3ccccc3)C[C@@H]1[C@@](C)(CCc1ccccc1)O2. The lowest BCUT2D eigenvalue weighted by atomic mass is 9.68. The molecule has 2 heterocycles. The third-order valence-corrected chi connectivity index (χ3v) is 7.65. The molecule has 1 fully saturated rings. The fourth-order valence-corrected chi connectivity index (χ4v) is 5.69. The molecule has 176 valence electrons.